The summed E-state index contributed by atoms with van der Waals surface area (Å²) < 4.78 is 0. The minimum Gasteiger partial charge on any atom is -0.362 e. The highest BCUT2D eigenvalue weighted by molar-refractivity contribution is 5.47. The fraction of sp³-hybridized carbons (Fsp3) is 0.545. The minimum absolute atomic E-state index is 0.168. The number of rotatable bonds is 3. The smallest absolute Gasteiger partial charge is 0.132 e. The molecule has 3 heteroatoms. The van der Waals surface area contributed by atoms with E-state index in [0.717, 1.165) is 5.82 Å². The van der Waals surface area contributed by atoms with Crippen molar-refractivity contribution in [2.75, 3.05) is 19.0 Å². The molecule has 0 spiro atoms. The van der Waals surface area contributed by atoms with Crippen LogP contribution in [-0.4, -0.2) is 19.1 Å². The molecule has 1 aromatic rings. The lowest BCUT2D eigenvalue weighted by Crippen LogP contribution is -2.19. The van der Waals surface area contributed by atoms with E-state index >= 15 is 0 Å². The highest BCUT2D eigenvalue weighted by atomic mass is 15.1. The average Bonchev–Trinajstić information content (AvgIpc) is 3.00. The van der Waals surface area contributed by atoms with Crippen molar-refractivity contribution in [2.24, 2.45) is 11.7 Å². The molecule has 0 bridgehead atoms. The van der Waals surface area contributed by atoms with Crippen LogP contribution in [0, 0.1) is 5.92 Å². The van der Waals surface area contributed by atoms with Gasteiger partial charge in [-0.1, -0.05) is 6.07 Å². The van der Waals surface area contributed by atoms with Crippen LogP contribution in [0.4, 0.5) is 5.82 Å². The Labute approximate surface area is 84.9 Å². The first kappa shape index (κ1) is 9.46. The van der Waals surface area contributed by atoms with Gasteiger partial charge >= 0.3 is 0 Å². The molecule has 1 atom stereocenters. The molecular weight excluding hydrogens is 174 g/mol. The molecule has 2 N–H and O–H groups in total. The Morgan fingerprint density at radius 3 is 2.79 bits per heavy atom. The van der Waals surface area contributed by atoms with Crippen molar-refractivity contribution in [1.82, 2.24) is 4.98 Å². The summed E-state index contributed by atoms with van der Waals surface area (Å²) in [6, 6.07) is 4.22. The van der Waals surface area contributed by atoms with Gasteiger partial charge in [0.25, 0.3) is 0 Å². The van der Waals surface area contributed by atoms with Gasteiger partial charge in [-0.15, -0.1) is 0 Å². The summed E-state index contributed by atoms with van der Waals surface area (Å²) in [4.78, 5) is 6.38. The third-order valence-corrected chi connectivity index (χ3v) is 2.73. The van der Waals surface area contributed by atoms with Gasteiger partial charge in [-0.05, 0) is 24.8 Å². The van der Waals surface area contributed by atoms with E-state index in [2.05, 4.69) is 11.1 Å². The van der Waals surface area contributed by atoms with Crippen LogP contribution in [-0.2, 0) is 0 Å². The van der Waals surface area contributed by atoms with Crippen LogP contribution in [0.25, 0.3) is 0 Å². The van der Waals surface area contributed by atoms with Gasteiger partial charge in [0.15, 0.2) is 0 Å². The van der Waals surface area contributed by atoms with Gasteiger partial charge in [-0.25, -0.2) is 4.98 Å². The number of hydrogen-bond donors (Lipinski definition) is 1. The predicted octanol–water partition coefficient (Wildman–Crippen LogP) is 1.56. The minimum atomic E-state index is 0.168. The highest BCUT2D eigenvalue weighted by Gasteiger charge is 2.31. The number of nitrogens with two attached hydrogens (primary N) is 1. The van der Waals surface area contributed by atoms with Gasteiger partial charge in [0, 0.05) is 31.9 Å². The summed E-state index contributed by atoms with van der Waals surface area (Å²) in [5.74, 6) is 1.69. The Balaban J connectivity index is 2.30. The first-order valence-electron chi connectivity index (χ1n) is 5.08. The van der Waals surface area contributed by atoms with Crippen LogP contribution in [0.2, 0.25) is 0 Å². The monoisotopic (exact) mass is 191 g/mol. The maximum atomic E-state index is 6.17. The Hall–Kier alpha value is -1.09. The van der Waals surface area contributed by atoms with Crippen molar-refractivity contribution in [3.05, 3.63) is 23.9 Å². The second kappa shape index (κ2) is 3.58. The first-order chi connectivity index (χ1) is 6.70. The topological polar surface area (TPSA) is 42.2 Å². The Morgan fingerprint density at radius 1 is 1.50 bits per heavy atom. The van der Waals surface area contributed by atoms with Crippen molar-refractivity contribution >= 4 is 5.82 Å². The maximum absolute atomic E-state index is 6.17. The molecule has 0 amide bonds. The Bertz CT molecular complexity index is 318. The van der Waals surface area contributed by atoms with Gasteiger partial charge in [0.1, 0.15) is 5.82 Å². The predicted molar refractivity (Wildman–Crippen MR) is 58.2 cm³/mol. The third-order valence-electron chi connectivity index (χ3n) is 2.73. The van der Waals surface area contributed by atoms with Gasteiger partial charge in [0.2, 0.25) is 0 Å². The molecule has 0 aliphatic heterocycles. The summed E-state index contributed by atoms with van der Waals surface area (Å²) in [5, 5.41) is 0. The largest absolute Gasteiger partial charge is 0.362 e. The van der Waals surface area contributed by atoms with E-state index in [1.807, 2.05) is 31.3 Å². The van der Waals surface area contributed by atoms with Crippen molar-refractivity contribution < 1.29 is 0 Å². The Morgan fingerprint density at radius 2 is 2.21 bits per heavy atom. The van der Waals surface area contributed by atoms with E-state index in [1.54, 1.807) is 0 Å². The van der Waals surface area contributed by atoms with Gasteiger partial charge < -0.3 is 10.6 Å². The molecular formula is C11H17N3. The molecule has 0 saturated heterocycles. The summed E-state index contributed by atoms with van der Waals surface area (Å²) in [6.07, 6.45) is 4.35. The molecule has 1 aliphatic rings. The van der Waals surface area contributed by atoms with Crippen LogP contribution in [0.1, 0.15) is 24.4 Å². The molecule has 76 valence electrons. The number of anilines is 1. The van der Waals surface area contributed by atoms with Gasteiger partial charge in [-0.3, -0.25) is 0 Å². The molecule has 1 fully saturated rings. The normalized spacial score (nSPS) is 17.9. The average molecular weight is 191 g/mol. The molecule has 0 unspecified atom stereocenters. The van der Waals surface area contributed by atoms with Gasteiger partial charge in [-0.2, -0.15) is 0 Å². The number of pyridine rings is 1. The van der Waals surface area contributed by atoms with E-state index < -0.39 is 0 Å². The second-order valence-corrected chi connectivity index (χ2v) is 4.17. The zero-order valence-corrected chi connectivity index (χ0v) is 8.77. The van der Waals surface area contributed by atoms with Crippen molar-refractivity contribution in [3.63, 3.8) is 0 Å². The number of hydrogen-bond acceptors (Lipinski definition) is 3. The van der Waals surface area contributed by atoms with Crippen LogP contribution >= 0.6 is 0 Å². The summed E-state index contributed by atoms with van der Waals surface area (Å²) in [6.45, 7) is 0. The number of aromatic nitrogens is 1. The van der Waals surface area contributed by atoms with E-state index in [-0.39, 0.29) is 6.04 Å². The standard InChI is InChI=1S/C11H17N3/c1-14(2)11-9(4-3-7-13-11)10(12)8-5-6-8/h3-4,7-8,10H,5-6,12H2,1-2H3/t10-/m1/s1. The quantitative estimate of drug-likeness (QED) is 0.788. The molecule has 3 nitrogen and oxygen atoms in total. The fourth-order valence-electron chi connectivity index (χ4n) is 1.75. The summed E-state index contributed by atoms with van der Waals surface area (Å²) >= 11 is 0. The van der Waals surface area contributed by atoms with E-state index in [1.165, 1.54) is 18.4 Å². The number of nitrogens with zero attached hydrogens (tertiary/aromatic N) is 2. The summed E-state index contributed by atoms with van der Waals surface area (Å²) in [5.41, 5.74) is 7.35. The van der Waals surface area contributed by atoms with Crippen molar-refractivity contribution in [2.45, 2.75) is 18.9 Å². The van der Waals surface area contributed by atoms with Crippen LogP contribution in [0.3, 0.4) is 0 Å². The van der Waals surface area contributed by atoms with Crippen LogP contribution < -0.4 is 10.6 Å². The fourth-order valence-corrected chi connectivity index (χ4v) is 1.75. The van der Waals surface area contributed by atoms with Gasteiger partial charge in [0.05, 0.1) is 0 Å². The molecule has 1 aliphatic carbocycles. The second-order valence-electron chi connectivity index (χ2n) is 4.17. The molecule has 1 heterocycles. The van der Waals surface area contributed by atoms with Crippen LogP contribution in [0.15, 0.2) is 18.3 Å². The lowest BCUT2D eigenvalue weighted by atomic mass is 10.0. The molecule has 0 aromatic carbocycles. The van der Waals surface area contributed by atoms with Crippen molar-refractivity contribution in [1.29, 1.82) is 0 Å². The first-order valence-corrected chi connectivity index (χ1v) is 5.08. The lowest BCUT2D eigenvalue weighted by molar-refractivity contribution is 0.630. The molecule has 2 rings (SSSR count). The lowest BCUT2D eigenvalue weighted by Gasteiger charge is -2.19. The third kappa shape index (κ3) is 1.73. The summed E-state index contributed by atoms with van der Waals surface area (Å²) in [7, 11) is 4.01. The zero-order chi connectivity index (χ0) is 10.1. The SMILES string of the molecule is CN(C)c1ncccc1[C@H](N)C1CC1. The van der Waals surface area contributed by atoms with Crippen LogP contribution in [0.5, 0.6) is 0 Å². The highest BCUT2D eigenvalue weighted by Crippen LogP contribution is 2.41. The maximum Gasteiger partial charge on any atom is 0.132 e. The van der Waals surface area contributed by atoms with Crippen molar-refractivity contribution in [3.8, 4) is 0 Å². The van der Waals surface area contributed by atoms with E-state index in [0.29, 0.717) is 5.92 Å². The molecule has 1 saturated carbocycles. The molecule has 14 heavy (non-hydrogen) atoms. The Kier molecular flexibility index (Phi) is 2.42. The zero-order valence-electron chi connectivity index (χ0n) is 8.77. The molecule has 0 radical (unpaired) electrons. The molecule has 1 aromatic heterocycles. The van der Waals surface area contributed by atoms with E-state index in [9.17, 15) is 0 Å². The van der Waals surface area contributed by atoms with E-state index in [4.69, 9.17) is 5.73 Å².